The van der Waals surface area contributed by atoms with E-state index in [9.17, 15) is 4.79 Å². The van der Waals surface area contributed by atoms with Crippen molar-refractivity contribution < 1.29 is 14.0 Å². The normalized spacial score (nSPS) is 13.4. The van der Waals surface area contributed by atoms with E-state index in [4.69, 9.17) is 9.16 Å². The first-order chi connectivity index (χ1) is 11.3. The second-order valence-electron chi connectivity index (χ2n) is 6.93. The monoisotopic (exact) mass is 342 g/mol. The quantitative estimate of drug-likeness (QED) is 0.569. The molecule has 0 bridgehead atoms. The summed E-state index contributed by atoms with van der Waals surface area (Å²) in [5, 5.41) is 0. The Kier molecular flexibility index (Phi) is 5.62. The van der Waals surface area contributed by atoms with E-state index < -0.39 is 19.8 Å². The molecule has 0 aromatic heterocycles. The zero-order valence-corrected chi connectivity index (χ0v) is 16.1. The van der Waals surface area contributed by atoms with Gasteiger partial charge in [0.1, 0.15) is 5.60 Å². The lowest BCUT2D eigenvalue weighted by Gasteiger charge is -2.43. The van der Waals surface area contributed by atoms with Gasteiger partial charge in [0, 0.05) is 0 Å². The van der Waals surface area contributed by atoms with Crippen LogP contribution in [0.1, 0.15) is 18.1 Å². The summed E-state index contributed by atoms with van der Waals surface area (Å²) in [6.45, 7) is 8.29. The van der Waals surface area contributed by atoms with Crippen LogP contribution in [0.2, 0.25) is 19.6 Å². The molecule has 0 spiro atoms. The predicted octanol–water partition coefficient (Wildman–Crippen LogP) is 4.59. The van der Waals surface area contributed by atoms with Crippen LogP contribution in [0.25, 0.3) is 0 Å². The van der Waals surface area contributed by atoms with Crippen LogP contribution in [0.3, 0.4) is 0 Å². The van der Waals surface area contributed by atoms with Gasteiger partial charge in [0.15, 0.2) is 8.32 Å². The third kappa shape index (κ3) is 3.76. The van der Waals surface area contributed by atoms with Crippen LogP contribution in [-0.4, -0.2) is 21.4 Å². The molecule has 0 heterocycles. The molecule has 0 aliphatic carbocycles. The third-order valence-electron chi connectivity index (χ3n) is 4.04. The number of hydrogen-bond donors (Lipinski definition) is 0. The van der Waals surface area contributed by atoms with Gasteiger partial charge in [-0.15, -0.1) is 0 Å². The molecule has 0 saturated carbocycles. The largest absolute Gasteiger partial charge is 0.469 e. The molecule has 2 aromatic rings. The summed E-state index contributed by atoms with van der Waals surface area (Å²) in [6, 6.07) is 19.9. The lowest BCUT2D eigenvalue weighted by atomic mass is 9.77. The molecule has 2 aromatic carbocycles. The number of methoxy groups -OCH3 is 1. The second-order valence-corrected chi connectivity index (χ2v) is 11.4. The second kappa shape index (κ2) is 7.32. The smallest absolute Gasteiger partial charge is 0.312 e. The molecule has 24 heavy (non-hydrogen) atoms. The number of benzene rings is 2. The summed E-state index contributed by atoms with van der Waals surface area (Å²) >= 11 is 0. The van der Waals surface area contributed by atoms with Gasteiger partial charge >= 0.3 is 5.97 Å². The van der Waals surface area contributed by atoms with Gasteiger partial charge in [0.05, 0.1) is 13.0 Å². The van der Waals surface area contributed by atoms with Crippen LogP contribution in [-0.2, 0) is 19.6 Å². The molecule has 3 nitrogen and oxygen atoms in total. The highest BCUT2D eigenvalue weighted by molar-refractivity contribution is 6.69. The number of carbonyl (C=O) groups excluding carboxylic acids is 1. The van der Waals surface area contributed by atoms with Gasteiger partial charge < -0.3 is 9.16 Å². The van der Waals surface area contributed by atoms with E-state index in [1.54, 1.807) is 0 Å². The first-order valence-corrected chi connectivity index (χ1v) is 11.6. The Hall–Kier alpha value is -1.91. The molecule has 0 saturated heterocycles. The Labute approximate surface area is 145 Å². The summed E-state index contributed by atoms with van der Waals surface area (Å²) in [5.41, 5.74) is 1.08. The van der Waals surface area contributed by atoms with Crippen LogP contribution < -0.4 is 0 Å². The fourth-order valence-electron chi connectivity index (χ4n) is 3.07. The lowest BCUT2D eigenvalue weighted by molar-refractivity contribution is -0.151. The Morgan fingerprint density at radius 3 is 1.67 bits per heavy atom. The molecule has 0 aliphatic heterocycles. The van der Waals surface area contributed by atoms with Crippen molar-refractivity contribution in [3.8, 4) is 0 Å². The number of carbonyl (C=O) groups is 1. The van der Waals surface area contributed by atoms with E-state index >= 15 is 0 Å². The van der Waals surface area contributed by atoms with Crippen molar-refractivity contribution in [3.63, 3.8) is 0 Å². The summed E-state index contributed by atoms with van der Waals surface area (Å²) in [4.78, 5) is 12.5. The zero-order chi connectivity index (χ0) is 17.8. The number of rotatable bonds is 6. The number of ether oxygens (including phenoxy) is 1. The average molecular weight is 343 g/mol. The summed E-state index contributed by atoms with van der Waals surface area (Å²) in [7, 11) is -0.563. The highest BCUT2D eigenvalue weighted by Crippen LogP contribution is 2.43. The SMILES string of the molecule is COC(=O)C(C)C(O[Si](C)(C)C)(c1ccccc1)c1ccccc1. The van der Waals surface area contributed by atoms with Crippen LogP contribution >= 0.6 is 0 Å². The van der Waals surface area contributed by atoms with Gasteiger partial charge in [-0.1, -0.05) is 60.7 Å². The summed E-state index contributed by atoms with van der Waals surface area (Å²) in [6.07, 6.45) is 0. The Bertz CT molecular complexity index is 623. The van der Waals surface area contributed by atoms with Crippen molar-refractivity contribution in [1.29, 1.82) is 0 Å². The van der Waals surface area contributed by atoms with E-state index in [-0.39, 0.29) is 5.97 Å². The maximum absolute atomic E-state index is 12.5. The Balaban J connectivity index is 2.75. The molecule has 0 radical (unpaired) electrons. The average Bonchev–Trinajstić information content (AvgIpc) is 2.59. The van der Waals surface area contributed by atoms with Gasteiger partial charge in [-0.3, -0.25) is 4.79 Å². The van der Waals surface area contributed by atoms with E-state index in [2.05, 4.69) is 19.6 Å². The van der Waals surface area contributed by atoms with Crippen LogP contribution in [0.5, 0.6) is 0 Å². The maximum atomic E-state index is 12.5. The Morgan fingerprint density at radius 2 is 1.33 bits per heavy atom. The third-order valence-corrected chi connectivity index (χ3v) is 4.97. The molecule has 0 amide bonds. The van der Waals surface area contributed by atoms with Crippen LogP contribution in [0.15, 0.2) is 60.7 Å². The molecule has 0 N–H and O–H groups in total. The van der Waals surface area contributed by atoms with Crippen molar-refractivity contribution in [3.05, 3.63) is 71.8 Å². The molecule has 0 aliphatic rings. The van der Waals surface area contributed by atoms with Crippen molar-refractivity contribution in [2.24, 2.45) is 5.92 Å². The van der Waals surface area contributed by atoms with Gasteiger partial charge in [0.2, 0.25) is 0 Å². The molecular weight excluding hydrogens is 316 g/mol. The molecule has 2 rings (SSSR count). The van der Waals surface area contributed by atoms with Crippen molar-refractivity contribution in [1.82, 2.24) is 0 Å². The molecular formula is C20H26O3Si. The first kappa shape index (κ1) is 18.4. The van der Waals surface area contributed by atoms with Crippen molar-refractivity contribution in [2.45, 2.75) is 32.2 Å². The van der Waals surface area contributed by atoms with Crippen molar-refractivity contribution in [2.75, 3.05) is 7.11 Å². The summed E-state index contributed by atoms with van der Waals surface area (Å²) < 4.78 is 11.8. The standard InChI is InChI=1S/C20H26O3Si/c1-16(19(21)22-2)20(23-24(3,4)5,17-12-8-6-9-13-17)18-14-10-7-11-15-18/h6-16H,1-5H3. The number of hydrogen-bond acceptors (Lipinski definition) is 3. The lowest BCUT2D eigenvalue weighted by Crippen LogP contribution is -2.48. The minimum Gasteiger partial charge on any atom is -0.469 e. The predicted molar refractivity (Wildman–Crippen MR) is 99.3 cm³/mol. The highest BCUT2D eigenvalue weighted by Gasteiger charge is 2.47. The van der Waals surface area contributed by atoms with Gasteiger partial charge in [-0.05, 0) is 37.7 Å². The van der Waals surface area contributed by atoms with Crippen molar-refractivity contribution >= 4 is 14.3 Å². The van der Waals surface area contributed by atoms with Gasteiger partial charge in [0.25, 0.3) is 0 Å². The molecule has 1 atom stereocenters. The topological polar surface area (TPSA) is 35.5 Å². The highest BCUT2D eigenvalue weighted by atomic mass is 28.4. The maximum Gasteiger partial charge on any atom is 0.312 e. The van der Waals surface area contributed by atoms with Crippen LogP contribution in [0, 0.1) is 5.92 Å². The summed E-state index contributed by atoms with van der Waals surface area (Å²) in [5.74, 6) is -0.750. The Morgan fingerprint density at radius 1 is 0.917 bits per heavy atom. The minimum absolute atomic E-state index is 0.277. The van der Waals surface area contributed by atoms with E-state index in [0.29, 0.717) is 0 Å². The fourth-order valence-corrected chi connectivity index (χ4v) is 4.45. The fraction of sp³-hybridized carbons (Fsp3) is 0.350. The van der Waals surface area contributed by atoms with E-state index in [1.807, 2.05) is 67.6 Å². The minimum atomic E-state index is -1.99. The first-order valence-electron chi connectivity index (χ1n) is 8.20. The molecule has 1 unspecified atom stereocenters. The number of esters is 1. The van der Waals surface area contributed by atoms with Crippen LogP contribution in [0.4, 0.5) is 0 Å². The van der Waals surface area contributed by atoms with Gasteiger partial charge in [-0.25, -0.2) is 0 Å². The van der Waals surface area contributed by atoms with E-state index in [0.717, 1.165) is 11.1 Å². The molecule has 4 heteroatoms. The van der Waals surface area contributed by atoms with E-state index in [1.165, 1.54) is 7.11 Å². The van der Waals surface area contributed by atoms with Gasteiger partial charge in [-0.2, -0.15) is 0 Å². The zero-order valence-electron chi connectivity index (χ0n) is 15.1. The molecule has 0 fully saturated rings. The molecule has 128 valence electrons.